The number of piperidine rings is 1. The Morgan fingerprint density at radius 1 is 1.16 bits per heavy atom. The van der Waals surface area contributed by atoms with Crippen molar-refractivity contribution >= 4 is 34.5 Å². The van der Waals surface area contributed by atoms with Crippen LogP contribution in [0.25, 0.3) is 0 Å². The standard InChI is InChI=1S/C23H24N4O3S/c24-22(28)16-8-10-27(11-9-16)20-6-4-18(5-7-20)26-23(29)17-2-1-3-21(12-17)30-13-19-14-31-15-25-19/h1-7,12,14-16H,8-11,13H2,(H2,24,28)(H,26,29). The van der Waals surface area contributed by atoms with E-state index in [4.69, 9.17) is 10.5 Å². The summed E-state index contributed by atoms with van der Waals surface area (Å²) in [7, 11) is 0. The van der Waals surface area contributed by atoms with E-state index in [0.29, 0.717) is 17.9 Å². The molecule has 1 aliphatic heterocycles. The second-order valence-electron chi connectivity index (χ2n) is 7.46. The van der Waals surface area contributed by atoms with Gasteiger partial charge in [-0.3, -0.25) is 9.59 Å². The number of rotatable bonds is 7. The van der Waals surface area contributed by atoms with Gasteiger partial charge in [-0.15, -0.1) is 11.3 Å². The van der Waals surface area contributed by atoms with E-state index in [1.807, 2.05) is 35.7 Å². The van der Waals surface area contributed by atoms with Gasteiger partial charge in [0.15, 0.2) is 0 Å². The van der Waals surface area contributed by atoms with Crippen molar-refractivity contribution in [1.29, 1.82) is 0 Å². The van der Waals surface area contributed by atoms with Crippen LogP contribution in [0.3, 0.4) is 0 Å². The number of nitrogens with two attached hydrogens (primary N) is 1. The van der Waals surface area contributed by atoms with Crippen molar-refractivity contribution in [2.75, 3.05) is 23.3 Å². The lowest BCUT2D eigenvalue weighted by molar-refractivity contribution is -0.122. The van der Waals surface area contributed by atoms with Crippen molar-refractivity contribution in [3.63, 3.8) is 0 Å². The van der Waals surface area contributed by atoms with Gasteiger partial charge in [-0.05, 0) is 55.3 Å². The fraction of sp³-hybridized carbons (Fsp3) is 0.261. The molecule has 0 unspecified atom stereocenters. The van der Waals surface area contributed by atoms with Gasteiger partial charge >= 0.3 is 0 Å². The van der Waals surface area contributed by atoms with E-state index in [0.717, 1.165) is 43.0 Å². The number of benzene rings is 2. The average molecular weight is 437 g/mol. The van der Waals surface area contributed by atoms with Crippen molar-refractivity contribution in [2.24, 2.45) is 11.7 Å². The second-order valence-corrected chi connectivity index (χ2v) is 8.18. The Bertz CT molecular complexity index is 1030. The topological polar surface area (TPSA) is 97.6 Å². The van der Waals surface area contributed by atoms with Gasteiger partial charge in [-0.2, -0.15) is 0 Å². The van der Waals surface area contributed by atoms with Crippen molar-refractivity contribution in [1.82, 2.24) is 4.98 Å². The summed E-state index contributed by atoms with van der Waals surface area (Å²) in [5.41, 5.74) is 10.3. The van der Waals surface area contributed by atoms with Gasteiger partial charge in [-0.25, -0.2) is 4.98 Å². The summed E-state index contributed by atoms with van der Waals surface area (Å²) < 4.78 is 5.73. The number of anilines is 2. The molecule has 7 nitrogen and oxygen atoms in total. The highest BCUT2D eigenvalue weighted by atomic mass is 32.1. The molecule has 0 radical (unpaired) electrons. The van der Waals surface area contributed by atoms with Crippen molar-refractivity contribution in [3.05, 3.63) is 70.7 Å². The zero-order chi connectivity index (χ0) is 21.6. The first kappa shape index (κ1) is 20.9. The predicted octanol–water partition coefficient (Wildman–Crippen LogP) is 3.68. The first-order valence-electron chi connectivity index (χ1n) is 10.1. The van der Waals surface area contributed by atoms with Crippen LogP contribution < -0.4 is 20.7 Å². The van der Waals surface area contributed by atoms with Crippen molar-refractivity contribution in [3.8, 4) is 5.75 Å². The van der Waals surface area contributed by atoms with Crippen LogP contribution >= 0.6 is 11.3 Å². The molecule has 1 aromatic heterocycles. The number of hydrogen-bond donors (Lipinski definition) is 2. The van der Waals surface area contributed by atoms with Gasteiger partial charge in [0, 0.05) is 41.3 Å². The molecule has 1 aliphatic rings. The summed E-state index contributed by atoms with van der Waals surface area (Å²) in [5, 5.41) is 4.85. The maximum absolute atomic E-state index is 12.7. The van der Waals surface area contributed by atoms with Crippen LogP contribution in [-0.4, -0.2) is 29.9 Å². The Labute approximate surface area is 184 Å². The summed E-state index contributed by atoms with van der Waals surface area (Å²) in [4.78, 5) is 30.4. The molecule has 0 bridgehead atoms. The van der Waals surface area contributed by atoms with Crippen LogP contribution in [0.1, 0.15) is 28.9 Å². The Kier molecular flexibility index (Phi) is 6.47. The second kappa shape index (κ2) is 9.61. The van der Waals surface area contributed by atoms with E-state index in [1.54, 1.807) is 23.7 Å². The van der Waals surface area contributed by atoms with E-state index in [-0.39, 0.29) is 17.7 Å². The SMILES string of the molecule is NC(=O)C1CCN(c2ccc(NC(=O)c3cccc(OCc4cscn4)c3)cc2)CC1. The molecule has 0 atom stereocenters. The molecule has 0 spiro atoms. The van der Waals surface area contributed by atoms with Gasteiger partial charge in [0.2, 0.25) is 5.91 Å². The zero-order valence-corrected chi connectivity index (χ0v) is 17.8. The number of amides is 2. The number of carbonyl (C=O) groups is 2. The normalized spacial score (nSPS) is 14.3. The molecule has 2 heterocycles. The van der Waals surface area contributed by atoms with Gasteiger partial charge in [0.05, 0.1) is 11.2 Å². The van der Waals surface area contributed by atoms with Crippen LogP contribution in [-0.2, 0) is 11.4 Å². The summed E-state index contributed by atoms with van der Waals surface area (Å²) in [6, 6.07) is 14.8. The number of ether oxygens (including phenoxy) is 1. The monoisotopic (exact) mass is 436 g/mol. The highest BCUT2D eigenvalue weighted by Gasteiger charge is 2.23. The number of nitrogens with one attached hydrogen (secondary N) is 1. The van der Waals surface area contributed by atoms with Gasteiger partial charge < -0.3 is 20.7 Å². The first-order chi connectivity index (χ1) is 15.1. The van der Waals surface area contributed by atoms with Crippen molar-refractivity contribution in [2.45, 2.75) is 19.4 Å². The highest BCUT2D eigenvalue weighted by Crippen LogP contribution is 2.25. The summed E-state index contributed by atoms with van der Waals surface area (Å²) in [6.45, 7) is 1.97. The molecule has 3 aromatic rings. The van der Waals surface area contributed by atoms with E-state index in [1.165, 1.54) is 11.3 Å². The van der Waals surface area contributed by atoms with E-state index in [9.17, 15) is 9.59 Å². The summed E-state index contributed by atoms with van der Waals surface area (Å²) in [5.74, 6) is 0.177. The van der Waals surface area contributed by atoms with Crippen molar-refractivity contribution < 1.29 is 14.3 Å². The minimum Gasteiger partial charge on any atom is -0.487 e. The van der Waals surface area contributed by atoms with E-state index >= 15 is 0 Å². The first-order valence-corrected chi connectivity index (χ1v) is 11.1. The predicted molar refractivity (Wildman–Crippen MR) is 121 cm³/mol. The number of nitrogens with zero attached hydrogens (tertiary/aromatic N) is 2. The van der Waals surface area contributed by atoms with Gasteiger partial charge in [0.1, 0.15) is 12.4 Å². The number of aromatic nitrogens is 1. The molecule has 160 valence electrons. The third-order valence-electron chi connectivity index (χ3n) is 5.35. The lowest BCUT2D eigenvalue weighted by atomic mass is 9.96. The fourth-order valence-corrected chi connectivity index (χ4v) is 4.12. The van der Waals surface area contributed by atoms with E-state index < -0.39 is 0 Å². The fourth-order valence-electron chi connectivity index (χ4n) is 3.57. The smallest absolute Gasteiger partial charge is 0.255 e. The summed E-state index contributed by atoms with van der Waals surface area (Å²) >= 11 is 1.52. The number of carbonyl (C=O) groups excluding carboxylic acids is 2. The lowest BCUT2D eigenvalue weighted by Crippen LogP contribution is -2.38. The molecule has 0 saturated carbocycles. The number of thiazole rings is 1. The minimum absolute atomic E-state index is 0.0314. The molecule has 2 aromatic carbocycles. The molecule has 3 N–H and O–H groups in total. The van der Waals surface area contributed by atoms with E-state index in [2.05, 4.69) is 15.2 Å². The third-order valence-corrected chi connectivity index (χ3v) is 5.99. The summed E-state index contributed by atoms with van der Waals surface area (Å²) in [6.07, 6.45) is 1.55. The Balaban J connectivity index is 1.33. The van der Waals surface area contributed by atoms with Crippen LogP contribution in [0, 0.1) is 5.92 Å². The van der Waals surface area contributed by atoms with Gasteiger partial charge in [0.25, 0.3) is 5.91 Å². The maximum atomic E-state index is 12.7. The lowest BCUT2D eigenvalue weighted by Gasteiger charge is -2.32. The Hall–Kier alpha value is -3.39. The highest BCUT2D eigenvalue weighted by molar-refractivity contribution is 7.07. The number of hydrogen-bond acceptors (Lipinski definition) is 6. The molecule has 0 aliphatic carbocycles. The molecule has 2 amide bonds. The maximum Gasteiger partial charge on any atom is 0.255 e. The molecule has 1 fully saturated rings. The number of primary amides is 1. The van der Waals surface area contributed by atoms with Crippen LogP contribution in [0.15, 0.2) is 59.4 Å². The molecule has 8 heteroatoms. The quantitative estimate of drug-likeness (QED) is 0.589. The molecular formula is C23H24N4O3S. The minimum atomic E-state index is -0.213. The molecule has 1 saturated heterocycles. The zero-order valence-electron chi connectivity index (χ0n) is 17.0. The average Bonchev–Trinajstić information content (AvgIpc) is 3.32. The van der Waals surface area contributed by atoms with Crippen LogP contribution in [0.2, 0.25) is 0 Å². The Morgan fingerprint density at radius 3 is 2.61 bits per heavy atom. The molecule has 31 heavy (non-hydrogen) atoms. The third kappa shape index (κ3) is 5.40. The molecular weight excluding hydrogens is 412 g/mol. The van der Waals surface area contributed by atoms with Gasteiger partial charge in [-0.1, -0.05) is 6.07 Å². The van der Waals surface area contributed by atoms with Crippen LogP contribution in [0.5, 0.6) is 5.75 Å². The molecule has 4 rings (SSSR count). The van der Waals surface area contributed by atoms with Crippen LogP contribution in [0.4, 0.5) is 11.4 Å². The Morgan fingerprint density at radius 2 is 1.94 bits per heavy atom. The largest absolute Gasteiger partial charge is 0.487 e.